The van der Waals surface area contributed by atoms with Crippen LogP contribution >= 0.6 is 11.6 Å². The number of nitrogens with one attached hydrogen (secondary N) is 1. The van der Waals surface area contributed by atoms with Crippen molar-refractivity contribution in [2.45, 2.75) is 13.2 Å². The van der Waals surface area contributed by atoms with Gasteiger partial charge in [0.1, 0.15) is 18.0 Å². The van der Waals surface area contributed by atoms with Crippen molar-refractivity contribution in [3.8, 4) is 23.0 Å². The van der Waals surface area contributed by atoms with Crippen LogP contribution in [-0.2, 0) is 17.9 Å². The molecule has 0 radical (unpaired) electrons. The average Bonchev–Trinajstić information content (AvgIpc) is 3.63. The Bertz CT molecular complexity index is 1350. The normalized spacial score (nSPS) is 10.9. The third-order valence-electron chi connectivity index (χ3n) is 4.66. The number of esters is 1. The first-order chi connectivity index (χ1) is 16.2. The largest absolute Gasteiger partial charge is 0.461 e. The van der Waals surface area contributed by atoms with E-state index in [1.807, 2.05) is 0 Å². The molecule has 0 aliphatic heterocycles. The number of aromatic nitrogens is 2. The van der Waals surface area contributed by atoms with Crippen LogP contribution in [0.15, 0.2) is 85.0 Å². The molecule has 166 valence electrons. The molecule has 0 fully saturated rings. The van der Waals surface area contributed by atoms with Crippen molar-refractivity contribution >= 4 is 23.3 Å². The molecule has 0 unspecified atom stereocenters. The quantitative estimate of drug-likeness (QED) is 0.283. The molecule has 0 aliphatic rings. The lowest BCUT2D eigenvalue weighted by atomic mass is 10.1. The number of carbonyl (C=O) groups is 1. The van der Waals surface area contributed by atoms with Gasteiger partial charge in [-0.2, -0.15) is 0 Å². The average molecular weight is 466 g/mol. The Morgan fingerprint density at radius 2 is 1.55 bits per heavy atom. The molecule has 4 aromatic heterocycles. The van der Waals surface area contributed by atoms with E-state index in [0.717, 1.165) is 0 Å². The third-order valence-corrected chi connectivity index (χ3v) is 4.89. The summed E-state index contributed by atoms with van der Waals surface area (Å²) in [5.74, 6) is 1.51. The molecule has 0 aliphatic carbocycles. The van der Waals surface area contributed by atoms with Crippen LogP contribution < -0.4 is 5.32 Å². The van der Waals surface area contributed by atoms with Crippen LogP contribution in [0.25, 0.3) is 23.0 Å². The highest BCUT2D eigenvalue weighted by Gasteiger charge is 2.17. The van der Waals surface area contributed by atoms with Gasteiger partial charge in [-0.15, -0.1) is 0 Å². The Morgan fingerprint density at radius 1 is 0.879 bits per heavy atom. The number of rotatable bonds is 8. The fraction of sp³-hybridized carbons (Fsp3) is 0.0870. The lowest BCUT2D eigenvalue weighted by Crippen LogP contribution is -2.10. The van der Waals surface area contributed by atoms with Gasteiger partial charge in [0, 0.05) is 17.2 Å². The Labute approximate surface area is 191 Å². The topological polar surface area (TPSA) is 117 Å². The Kier molecular flexibility index (Phi) is 5.69. The number of hydrogen-bond donors (Lipinski definition) is 1. The van der Waals surface area contributed by atoms with E-state index in [9.17, 15) is 4.79 Å². The highest BCUT2D eigenvalue weighted by Crippen LogP contribution is 2.25. The van der Waals surface area contributed by atoms with Gasteiger partial charge in [0.25, 0.3) is 0 Å². The van der Waals surface area contributed by atoms with E-state index < -0.39 is 5.97 Å². The van der Waals surface area contributed by atoms with Crippen molar-refractivity contribution in [2.24, 2.45) is 0 Å². The monoisotopic (exact) mass is 465 g/mol. The molecular weight excluding hydrogens is 450 g/mol. The van der Waals surface area contributed by atoms with Crippen LogP contribution in [0.3, 0.4) is 0 Å². The molecule has 0 saturated heterocycles. The highest BCUT2D eigenvalue weighted by molar-refractivity contribution is 6.31. The molecule has 9 nitrogen and oxygen atoms in total. The van der Waals surface area contributed by atoms with E-state index >= 15 is 0 Å². The minimum atomic E-state index is -0.548. The maximum atomic E-state index is 12.7. The number of ether oxygens (including phenoxy) is 1. The Balaban J connectivity index is 1.24. The summed E-state index contributed by atoms with van der Waals surface area (Å²) in [6.45, 7) is 0.224. The van der Waals surface area contributed by atoms with Gasteiger partial charge in [-0.05, 0) is 42.5 Å². The Hall–Kier alpha value is -4.24. The summed E-state index contributed by atoms with van der Waals surface area (Å²) in [5, 5.41) is 11.5. The zero-order valence-corrected chi connectivity index (χ0v) is 17.7. The molecule has 33 heavy (non-hydrogen) atoms. The second kappa shape index (κ2) is 9.09. The number of hydrogen-bond acceptors (Lipinski definition) is 9. The predicted molar refractivity (Wildman–Crippen MR) is 116 cm³/mol. The maximum Gasteiger partial charge on any atom is 0.340 e. The Morgan fingerprint density at radius 3 is 2.21 bits per heavy atom. The van der Waals surface area contributed by atoms with Crippen molar-refractivity contribution in [1.82, 2.24) is 10.3 Å². The van der Waals surface area contributed by atoms with Gasteiger partial charge in [-0.25, -0.2) is 4.79 Å². The smallest absolute Gasteiger partial charge is 0.340 e. The van der Waals surface area contributed by atoms with Gasteiger partial charge in [0.15, 0.2) is 11.5 Å². The SMILES string of the molecule is O=C(OCc1cc(-c2ccco2)on1)c1ccc(Cl)cc1NCc1cc(-c2ccco2)on1. The van der Waals surface area contributed by atoms with E-state index in [0.29, 0.717) is 57.2 Å². The van der Waals surface area contributed by atoms with Gasteiger partial charge >= 0.3 is 5.97 Å². The van der Waals surface area contributed by atoms with Crippen molar-refractivity contribution in [3.63, 3.8) is 0 Å². The minimum Gasteiger partial charge on any atom is -0.461 e. The molecule has 0 spiro atoms. The summed E-state index contributed by atoms with van der Waals surface area (Å²) >= 11 is 6.13. The number of furan rings is 2. The minimum absolute atomic E-state index is 0.0686. The molecule has 4 heterocycles. The van der Waals surface area contributed by atoms with Crippen molar-refractivity contribution in [2.75, 3.05) is 5.32 Å². The molecule has 10 heteroatoms. The first-order valence-electron chi connectivity index (χ1n) is 9.85. The second-order valence-corrected chi connectivity index (χ2v) is 7.38. The molecule has 0 saturated carbocycles. The van der Waals surface area contributed by atoms with E-state index in [-0.39, 0.29) is 6.61 Å². The molecule has 1 aromatic carbocycles. The predicted octanol–water partition coefficient (Wildman–Crippen LogP) is 5.81. The van der Waals surface area contributed by atoms with Crippen LogP contribution in [0.1, 0.15) is 21.7 Å². The summed E-state index contributed by atoms with van der Waals surface area (Å²) in [7, 11) is 0. The van der Waals surface area contributed by atoms with E-state index in [1.54, 1.807) is 60.9 Å². The molecule has 0 bridgehead atoms. The zero-order chi connectivity index (χ0) is 22.6. The van der Waals surface area contributed by atoms with Crippen molar-refractivity contribution < 1.29 is 27.4 Å². The van der Waals surface area contributed by atoms with Gasteiger partial charge in [0.05, 0.1) is 30.3 Å². The van der Waals surface area contributed by atoms with Crippen LogP contribution in [0.5, 0.6) is 0 Å². The lowest BCUT2D eigenvalue weighted by molar-refractivity contribution is 0.0465. The van der Waals surface area contributed by atoms with E-state index in [1.165, 1.54) is 6.26 Å². The van der Waals surface area contributed by atoms with Crippen LogP contribution in [0.2, 0.25) is 5.02 Å². The fourth-order valence-electron chi connectivity index (χ4n) is 3.09. The summed E-state index contributed by atoms with van der Waals surface area (Å²) in [6.07, 6.45) is 3.08. The number of nitrogens with zero attached hydrogens (tertiary/aromatic N) is 2. The van der Waals surface area contributed by atoms with E-state index in [4.69, 9.17) is 34.2 Å². The van der Waals surface area contributed by atoms with Crippen molar-refractivity contribution in [3.05, 3.63) is 89.1 Å². The molecule has 1 N–H and O–H groups in total. The van der Waals surface area contributed by atoms with Gasteiger partial charge in [0.2, 0.25) is 11.5 Å². The van der Waals surface area contributed by atoms with Gasteiger partial charge in [-0.1, -0.05) is 21.9 Å². The molecular formula is C23H16ClN3O6. The number of benzene rings is 1. The van der Waals surface area contributed by atoms with Crippen LogP contribution in [0.4, 0.5) is 5.69 Å². The molecule has 5 aromatic rings. The summed E-state index contributed by atoms with van der Waals surface area (Å²) in [4.78, 5) is 12.7. The standard InChI is InChI=1S/C23H16ClN3O6/c24-14-5-6-17(23(28)31-13-16-11-22(33-27-16)20-4-2-8-30-20)18(9-14)25-12-15-10-21(32-26-15)19-3-1-7-29-19/h1-11,25H,12-13H2. The zero-order valence-electron chi connectivity index (χ0n) is 17.0. The highest BCUT2D eigenvalue weighted by atomic mass is 35.5. The first-order valence-corrected chi connectivity index (χ1v) is 10.2. The first kappa shape index (κ1) is 20.7. The van der Waals surface area contributed by atoms with Gasteiger partial charge in [-0.3, -0.25) is 0 Å². The van der Waals surface area contributed by atoms with E-state index in [2.05, 4.69) is 15.6 Å². The molecule has 5 rings (SSSR count). The van der Waals surface area contributed by atoms with Crippen molar-refractivity contribution in [1.29, 1.82) is 0 Å². The van der Waals surface area contributed by atoms with Crippen LogP contribution in [0, 0.1) is 0 Å². The fourth-order valence-corrected chi connectivity index (χ4v) is 3.26. The lowest BCUT2D eigenvalue weighted by Gasteiger charge is -2.11. The summed E-state index contributed by atoms with van der Waals surface area (Å²) < 4.78 is 26.5. The van der Waals surface area contributed by atoms with Crippen LogP contribution in [-0.4, -0.2) is 16.3 Å². The third kappa shape index (κ3) is 4.68. The summed E-state index contributed by atoms with van der Waals surface area (Å²) in [6, 6.07) is 15.2. The maximum absolute atomic E-state index is 12.7. The molecule has 0 atom stereocenters. The summed E-state index contributed by atoms with van der Waals surface area (Å²) in [5.41, 5.74) is 1.87. The second-order valence-electron chi connectivity index (χ2n) is 6.94. The molecule has 0 amide bonds. The number of carbonyl (C=O) groups excluding carboxylic acids is 1. The van der Waals surface area contributed by atoms with Gasteiger partial charge < -0.3 is 27.9 Å². The number of halogens is 1. The number of anilines is 1.